The van der Waals surface area contributed by atoms with E-state index in [1.807, 2.05) is 0 Å². The van der Waals surface area contributed by atoms with Gasteiger partial charge in [-0.1, -0.05) is 6.92 Å². The van der Waals surface area contributed by atoms with E-state index in [1.54, 1.807) is 29.9 Å². The van der Waals surface area contributed by atoms with Gasteiger partial charge in [-0.05, 0) is 44.5 Å². The maximum absolute atomic E-state index is 4.36. The fourth-order valence-electron chi connectivity index (χ4n) is 1.52. The smallest absolute Gasteiger partial charge is 0.0861 e. The third-order valence-corrected chi connectivity index (χ3v) is 5.56. The molecule has 2 aromatic heterocycles. The maximum atomic E-state index is 4.36. The molecule has 0 spiro atoms. The molecule has 0 radical (unpaired) electrons. The topological polar surface area (TPSA) is 37.8 Å². The zero-order chi connectivity index (χ0) is 12.3. The molecule has 2 rings (SSSR count). The van der Waals surface area contributed by atoms with Gasteiger partial charge in [0.2, 0.25) is 0 Å². The summed E-state index contributed by atoms with van der Waals surface area (Å²) in [5.74, 6) is 0. The first-order chi connectivity index (χ1) is 8.22. The highest BCUT2D eigenvalue weighted by Crippen LogP contribution is 2.36. The number of aromatic nitrogens is 2. The molecule has 1 N–H and O–H groups in total. The molecule has 6 heteroatoms. The Morgan fingerprint density at radius 1 is 1.41 bits per heavy atom. The van der Waals surface area contributed by atoms with Crippen LogP contribution in [0.15, 0.2) is 32.9 Å². The molecular formula is C11H11Br2N3S. The van der Waals surface area contributed by atoms with Gasteiger partial charge in [-0.25, -0.2) is 0 Å². The quantitative estimate of drug-likeness (QED) is 0.882. The molecule has 0 bridgehead atoms. The van der Waals surface area contributed by atoms with Gasteiger partial charge < -0.3 is 5.32 Å². The number of hydrogen-bond donors (Lipinski definition) is 1. The van der Waals surface area contributed by atoms with E-state index in [-0.39, 0.29) is 6.04 Å². The molecule has 0 fully saturated rings. The number of nitrogens with one attached hydrogen (secondary N) is 1. The lowest BCUT2D eigenvalue weighted by atomic mass is 10.2. The molecule has 0 aliphatic carbocycles. The summed E-state index contributed by atoms with van der Waals surface area (Å²) < 4.78 is 2.17. The van der Waals surface area contributed by atoms with Gasteiger partial charge in [-0.2, -0.15) is 0 Å². The van der Waals surface area contributed by atoms with Gasteiger partial charge in [-0.3, -0.25) is 9.97 Å². The molecule has 1 unspecified atom stereocenters. The van der Waals surface area contributed by atoms with Crippen LogP contribution < -0.4 is 5.32 Å². The number of nitrogens with zero attached hydrogens (tertiary/aromatic N) is 2. The van der Waals surface area contributed by atoms with Gasteiger partial charge in [0.05, 0.1) is 21.7 Å². The fraction of sp³-hybridized carbons (Fsp3) is 0.273. The summed E-state index contributed by atoms with van der Waals surface area (Å²) in [4.78, 5) is 9.70. The van der Waals surface area contributed by atoms with Crippen molar-refractivity contribution in [3.63, 3.8) is 0 Å². The number of rotatable bonds is 4. The normalized spacial score (nSPS) is 12.6. The zero-order valence-electron chi connectivity index (χ0n) is 9.15. The lowest BCUT2D eigenvalue weighted by Gasteiger charge is -2.14. The van der Waals surface area contributed by atoms with Gasteiger partial charge in [0, 0.05) is 21.7 Å². The van der Waals surface area contributed by atoms with E-state index in [1.165, 1.54) is 4.88 Å². The van der Waals surface area contributed by atoms with Crippen LogP contribution in [0.1, 0.15) is 23.5 Å². The van der Waals surface area contributed by atoms with E-state index >= 15 is 0 Å². The minimum Gasteiger partial charge on any atom is -0.305 e. The van der Waals surface area contributed by atoms with E-state index in [0.29, 0.717) is 0 Å². The Balaban J connectivity index is 2.35. The first kappa shape index (κ1) is 13.1. The van der Waals surface area contributed by atoms with Crippen molar-refractivity contribution in [3.05, 3.63) is 43.5 Å². The monoisotopic (exact) mass is 375 g/mol. The summed E-state index contributed by atoms with van der Waals surface area (Å²) in [5, 5.41) is 3.42. The molecule has 0 aliphatic heterocycles. The maximum Gasteiger partial charge on any atom is 0.0861 e. The van der Waals surface area contributed by atoms with Crippen molar-refractivity contribution >= 4 is 43.2 Å². The van der Waals surface area contributed by atoms with Crippen LogP contribution in [-0.2, 0) is 0 Å². The number of thiophene rings is 1. The van der Waals surface area contributed by atoms with E-state index in [4.69, 9.17) is 0 Å². The molecule has 0 saturated heterocycles. The lowest BCUT2D eigenvalue weighted by molar-refractivity contribution is 0.621. The van der Waals surface area contributed by atoms with Crippen LogP contribution in [-0.4, -0.2) is 16.5 Å². The van der Waals surface area contributed by atoms with Crippen molar-refractivity contribution in [2.75, 3.05) is 6.54 Å². The Kier molecular flexibility index (Phi) is 4.67. The van der Waals surface area contributed by atoms with Gasteiger partial charge >= 0.3 is 0 Å². The third-order valence-electron chi connectivity index (χ3n) is 2.24. The van der Waals surface area contributed by atoms with E-state index in [2.05, 4.69) is 60.1 Å². The Bertz CT molecular complexity index is 467. The van der Waals surface area contributed by atoms with Crippen LogP contribution in [0, 0.1) is 0 Å². The van der Waals surface area contributed by atoms with Gasteiger partial charge in [0.15, 0.2) is 0 Å². The second kappa shape index (κ2) is 6.04. The summed E-state index contributed by atoms with van der Waals surface area (Å²) >= 11 is 8.72. The summed E-state index contributed by atoms with van der Waals surface area (Å²) in [6.45, 7) is 2.97. The van der Waals surface area contributed by atoms with E-state index in [9.17, 15) is 0 Å². The standard InChI is InChI=1S/C11H11Br2N3S/c1-2-15-10(8-6-14-3-4-16-8)9-5-7(12)11(13)17-9/h3-6,10,15H,2H2,1H3. The predicted octanol–water partition coefficient (Wildman–Crippen LogP) is 3.76. The van der Waals surface area contributed by atoms with Crippen molar-refractivity contribution in [1.82, 2.24) is 15.3 Å². The highest BCUT2D eigenvalue weighted by molar-refractivity contribution is 9.13. The molecule has 90 valence electrons. The Labute approximate surface area is 121 Å². The second-order valence-electron chi connectivity index (χ2n) is 3.39. The second-order valence-corrected chi connectivity index (χ2v) is 6.65. The third kappa shape index (κ3) is 3.13. The SMILES string of the molecule is CCNC(c1cnccn1)c1cc(Br)c(Br)s1. The van der Waals surface area contributed by atoms with Crippen LogP contribution in [0.5, 0.6) is 0 Å². The first-order valence-electron chi connectivity index (χ1n) is 5.16. The molecule has 17 heavy (non-hydrogen) atoms. The Hall–Kier alpha value is -0.300. The van der Waals surface area contributed by atoms with Gasteiger partial charge in [0.25, 0.3) is 0 Å². The average Bonchev–Trinajstić information content (AvgIpc) is 2.67. The minimum absolute atomic E-state index is 0.0984. The Morgan fingerprint density at radius 3 is 2.76 bits per heavy atom. The molecule has 1 atom stereocenters. The van der Waals surface area contributed by atoms with Crippen LogP contribution >= 0.6 is 43.2 Å². The van der Waals surface area contributed by atoms with E-state index in [0.717, 1.165) is 20.5 Å². The molecule has 0 aromatic carbocycles. The molecule has 2 heterocycles. The van der Waals surface area contributed by atoms with E-state index < -0.39 is 0 Å². The zero-order valence-corrected chi connectivity index (χ0v) is 13.1. The summed E-state index contributed by atoms with van der Waals surface area (Å²) in [5.41, 5.74) is 0.940. The lowest BCUT2D eigenvalue weighted by Crippen LogP contribution is -2.22. The largest absolute Gasteiger partial charge is 0.305 e. The number of hydrogen-bond acceptors (Lipinski definition) is 4. The van der Waals surface area contributed by atoms with Gasteiger partial charge in [-0.15, -0.1) is 11.3 Å². The highest BCUT2D eigenvalue weighted by atomic mass is 79.9. The van der Waals surface area contributed by atoms with Crippen molar-refractivity contribution < 1.29 is 0 Å². The molecule has 3 nitrogen and oxygen atoms in total. The minimum atomic E-state index is 0.0984. The van der Waals surface area contributed by atoms with Crippen molar-refractivity contribution in [2.24, 2.45) is 0 Å². The van der Waals surface area contributed by atoms with Crippen LogP contribution in [0.2, 0.25) is 0 Å². The Morgan fingerprint density at radius 2 is 2.24 bits per heavy atom. The van der Waals surface area contributed by atoms with Crippen molar-refractivity contribution in [2.45, 2.75) is 13.0 Å². The molecule has 2 aromatic rings. The predicted molar refractivity (Wildman–Crippen MR) is 77.3 cm³/mol. The molecule has 0 saturated carbocycles. The van der Waals surface area contributed by atoms with Gasteiger partial charge in [0.1, 0.15) is 0 Å². The first-order valence-corrected chi connectivity index (χ1v) is 7.56. The average molecular weight is 377 g/mol. The number of halogens is 2. The molecule has 0 aliphatic rings. The van der Waals surface area contributed by atoms with Crippen LogP contribution in [0.3, 0.4) is 0 Å². The highest BCUT2D eigenvalue weighted by Gasteiger charge is 2.18. The summed E-state index contributed by atoms with van der Waals surface area (Å²) in [7, 11) is 0. The van der Waals surface area contributed by atoms with Crippen molar-refractivity contribution in [3.8, 4) is 0 Å². The fourth-order valence-corrected chi connectivity index (χ4v) is 3.70. The van der Waals surface area contributed by atoms with Crippen LogP contribution in [0.4, 0.5) is 0 Å². The van der Waals surface area contributed by atoms with Crippen molar-refractivity contribution in [1.29, 1.82) is 0 Å². The summed E-state index contributed by atoms with van der Waals surface area (Å²) in [6, 6.07) is 2.21. The van der Waals surface area contributed by atoms with Crippen LogP contribution in [0.25, 0.3) is 0 Å². The molecular weight excluding hydrogens is 366 g/mol. The summed E-state index contributed by atoms with van der Waals surface area (Å²) in [6.07, 6.45) is 5.21. The molecule has 0 amide bonds.